The minimum atomic E-state index is -4.66. The number of carbonyl (C=O) groups is 1. The molecule has 1 saturated carbocycles. The lowest BCUT2D eigenvalue weighted by atomic mass is 10.1. The number of hydrogen-bond acceptors (Lipinski definition) is 2. The Morgan fingerprint density at radius 2 is 1.84 bits per heavy atom. The zero-order chi connectivity index (χ0) is 14.4. The molecule has 3 nitrogen and oxygen atoms in total. The first kappa shape index (κ1) is 13.6. The van der Waals surface area contributed by atoms with Gasteiger partial charge in [-0.15, -0.1) is 0 Å². The van der Waals surface area contributed by atoms with E-state index in [0.29, 0.717) is 0 Å². The molecule has 104 valence electrons. The molecule has 1 aliphatic carbocycles. The maximum absolute atomic E-state index is 13.5. The number of halogens is 5. The molecule has 1 aliphatic rings. The number of carbonyl (C=O) groups excluding carboxylic acids is 1. The van der Waals surface area contributed by atoms with Crippen LogP contribution in [0.4, 0.5) is 27.6 Å². The van der Waals surface area contributed by atoms with Gasteiger partial charge < -0.3 is 11.1 Å². The van der Waals surface area contributed by atoms with Crippen LogP contribution < -0.4 is 11.1 Å². The topological polar surface area (TPSA) is 55.1 Å². The molecule has 8 heteroatoms. The van der Waals surface area contributed by atoms with Crippen molar-refractivity contribution in [3.8, 4) is 0 Å². The summed E-state index contributed by atoms with van der Waals surface area (Å²) in [6.07, 6.45) is -5.28. The minimum absolute atomic E-state index is 0.312. The van der Waals surface area contributed by atoms with Gasteiger partial charge in [0.25, 0.3) is 5.91 Å². The van der Waals surface area contributed by atoms with Crippen LogP contribution in [0.3, 0.4) is 0 Å². The molecule has 0 heterocycles. The fraction of sp³-hybridized carbons (Fsp3) is 0.364. The second-order valence-electron chi connectivity index (χ2n) is 4.36. The first-order chi connectivity index (χ1) is 8.68. The predicted octanol–water partition coefficient (Wildman–Crippen LogP) is 2.37. The van der Waals surface area contributed by atoms with Crippen LogP contribution >= 0.6 is 0 Å². The van der Waals surface area contributed by atoms with Crippen LogP contribution in [0, 0.1) is 11.6 Å². The van der Waals surface area contributed by atoms with E-state index in [-0.39, 0.29) is 12.8 Å². The summed E-state index contributed by atoms with van der Waals surface area (Å²) < 4.78 is 64.7. The summed E-state index contributed by atoms with van der Waals surface area (Å²) in [4.78, 5) is 11.6. The summed E-state index contributed by atoms with van der Waals surface area (Å²) in [6, 6.07) is 1.61. The van der Waals surface area contributed by atoms with Gasteiger partial charge in [0.05, 0.1) is 5.69 Å². The molecule has 1 fully saturated rings. The van der Waals surface area contributed by atoms with E-state index in [1.54, 1.807) is 5.32 Å². The van der Waals surface area contributed by atoms with Gasteiger partial charge in [-0.25, -0.2) is 8.78 Å². The van der Waals surface area contributed by atoms with E-state index in [1.165, 1.54) is 0 Å². The van der Waals surface area contributed by atoms with E-state index in [4.69, 9.17) is 5.73 Å². The van der Waals surface area contributed by atoms with Crippen LogP contribution in [-0.4, -0.2) is 17.6 Å². The Balaban J connectivity index is 2.30. The molecule has 3 N–H and O–H groups in total. The molecular weight excluding hydrogens is 271 g/mol. The molecule has 1 aromatic rings. The molecule has 0 aromatic heterocycles. The standard InChI is InChI=1S/C11H9F5N2O/c12-5-1-2-6(17)8(13)7(5)9(19)18-10(3-4-10)11(14,15)16/h1-2H,3-4,17H2,(H,18,19). The fourth-order valence-corrected chi connectivity index (χ4v) is 1.66. The third-order valence-corrected chi connectivity index (χ3v) is 2.99. The molecular formula is C11H9F5N2O. The number of anilines is 1. The van der Waals surface area contributed by atoms with Gasteiger partial charge in [-0.1, -0.05) is 0 Å². The number of rotatable bonds is 2. The molecule has 0 saturated heterocycles. The Bertz CT molecular complexity index is 537. The SMILES string of the molecule is Nc1ccc(F)c(C(=O)NC2(C(F)(F)F)CC2)c1F. The van der Waals surface area contributed by atoms with Crippen molar-refractivity contribution in [2.45, 2.75) is 24.6 Å². The zero-order valence-corrected chi connectivity index (χ0v) is 9.44. The second kappa shape index (κ2) is 4.07. The third kappa shape index (κ3) is 2.22. The number of amides is 1. The van der Waals surface area contributed by atoms with Gasteiger partial charge in [-0.05, 0) is 25.0 Å². The first-order valence-electron chi connectivity index (χ1n) is 5.31. The van der Waals surface area contributed by atoms with E-state index in [0.717, 1.165) is 12.1 Å². The van der Waals surface area contributed by atoms with Gasteiger partial charge in [-0.3, -0.25) is 4.79 Å². The predicted molar refractivity (Wildman–Crippen MR) is 56.3 cm³/mol. The van der Waals surface area contributed by atoms with E-state index in [2.05, 4.69) is 0 Å². The number of alkyl halides is 3. The molecule has 0 bridgehead atoms. The van der Waals surface area contributed by atoms with E-state index in [9.17, 15) is 26.7 Å². The van der Waals surface area contributed by atoms with Crippen LogP contribution in [0.5, 0.6) is 0 Å². The quantitative estimate of drug-likeness (QED) is 0.645. The Hall–Kier alpha value is -1.86. The molecule has 0 spiro atoms. The average Bonchev–Trinajstić information content (AvgIpc) is 3.04. The second-order valence-corrected chi connectivity index (χ2v) is 4.36. The van der Waals surface area contributed by atoms with Gasteiger partial charge in [0.15, 0.2) is 5.82 Å². The normalized spacial score (nSPS) is 17.1. The Labute approximate surface area is 104 Å². The van der Waals surface area contributed by atoms with Crippen molar-refractivity contribution < 1.29 is 26.7 Å². The van der Waals surface area contributed by atoms with E-state index >= 15 is 0 Å². The monoisotopic (exact) mass is 280 g/mol. The molecule has 1 amide bonds. The molecule has 2 rings (SSSR count). The zero-order valence-electron chi connectivity index (χ0n) is 9.44. The summed E-state index contributed by atoms with van der Waals surface area (Å²) in [7, 11) is 0. The highest BCUT2D eigenvalue weighted by Crippen LogP contribution is 2.49. The number of nitrogens with two attached hydrogens (primary N) is 1. The highest BCUT2D eigenvalue weighted by molar-refractivity contribution is 5.96. The van der Waals surface area contributed by atoms with Gasteiger partial charge in [0, 0.05) is 0 Å². The Kier molecular flexibility index (Phi) is 2.91. The molecule has 0 aliphatic heterocycles. The number of nitrogen functional groups attached to an aromatic ring is 1. The molecule has 0 unspecified atom stereocenters. The summed E-state index contributed by atoms with van der Waals surface area (Å²) in [5, 5.41) is 1.63. The minimum Gasteiger partial charge on any atom is -0.396 e. The largest absolute Gasteiger partial charge is 0.411 e. The molecule has 19 heavy (non-hydrogen) atoms. The smallest absolute Gasteiger partial charge is 0.396 e. The van der Waals surface area contributed by atoms with Crippen LogP contribution in [0.1, 0.15) is 23.2 Å². The maximum Gasteiger partial charge on any atom is 0.411 e. The van der Waals surface area contributed by atoms with Gasteiger partial charge in [0.2, 0.25) is 0 Å². The number of benzene rings is 1. The first-order valence-corrected chi connectivity index (χ1v) is 5.31. The van der Waals surface area contributed by atoms with Gasteiger partial charge in [-0.2, -0.15) is 13.2 Å². The highest BCUT2D eigenvalue weighted by atomic mass is 19.4. The summed E-state index contributed by atoms with van der Waals surface area (Å²) >= 11 is 0. The van der Waals surface area contributed by atoms with Crippen molar-refractivity contribution in [2.75, 3.05) is 5.73 Å². The summed E-state index contributed by atoms with van der Waals surface area (Å²) in [6.45, 7) is 0. The lowest BCUT2D eigenvalue weighted by Gasteiger charge is -2.21. The lowest BCUT2D eigenvalue weighted by molar-refractivity contribution is -0.163. The lowest BCUT2D eigenvalue weighted by Crippen LogP contribution is -2.48. The molecule has 0 atom stereocenters. The van der Waals surface area contributed by atoms with E-state index < -0.39 is 40.5 Å². The van der Waals surface area contributed by atoms with Crippen molar-refractivity contribution >= 4 is 11.6 Å². The van der Waals surface area contributed by atoms with Crippen molar-refractivity contribution in [3.05, 3.63) is 29.3 Å². The molecule has 1 aromatic carbocycles. The third-order valence-electron chi connectivity index (χ3n) is 2.99. The van der Waals surface area contributed by atoms with Crippen molar-refractivity contribution in [2.24, 2.45) is 0 Å². The maximum atomic E-state index is 13.5. The fourth-order valence-electron chi connectivity index (χ4n) is 1.66. The van der Waals surface area contributed by atoms with Crippen molar-refractivity contribution in [1.82, 2.24) is 5.32 Å². The van der Waals surface area contributed by atoms with Crippen LogP contribution in [0.2, 0.25) is 0 Å². The summed E-state index contributed by atoms with van der Waals surface area (Å²) in [5.41, 5.74) is 1.16. The number of nitrogens with one attached hydrogen (secondary N) is 1. The van der Waals surface area contributed by atoms with Gasteiger partial charge >= 0.3 is 6.18 Å². The van der Waals surface area contributed by atoms with Crippen LogP contribution in [-0.2, 0) is 0 Å². The number of hydrogen-bond donors (Lipinski definition) is 2. The molecule has 0 radical (unpaired) electrons. The summed E-state index contributed by atoms with van der Waals surface area (Å²) in [5.74, 6) is -4.09. The van der Waals surface area contributed by atoms with Crippen LogP contribution in [0.25, 0.3) is 0 Å². The van der Waals surface area contributed by atoms with Crippen molar-refractivity contribution in [1.29, 1.82) is 0 Å². The Morgan fingerprint density at radius 3 is 2.32 bits per heavy atom. The van der Waals surface area contributed by atoms with Crippen molar-refractivity contribution in [3.63, 3.8) is 0 Å². The highest BCUT2D eigenvalue weighted by Gasteiger charge is 2.64. The van der Waals surface area contributed by atoms with Crippen LogP contribution in [0.15, 0.2) is 12.1 Å². The van der Waals surface area contributed by atoms with Gasteiger partial charge in [0.1, 0.15) is 16.9 Å². The van der Waals surface area contributed by atoms with E-state index in [1.807, 2.05) is 0 Å². The average molecular weight is 280 g/mol. The Morgan fingerprint density at radius 1 is 1.26 bits per heavy atom.